The molecule has 1 saturated heterocycles. The normalized spacial score (nSPS) is 17.5. The number of halogens is 2. The summed E-state index contributed by atoms with van der Waals surface area (Å²) in [6.07, 6.45) is -1.81. The van der Waals surface area contributed by atoms with Crippen molar-refractivity contribution < 1.29 is 38.2 Å². The van der Waals surface area contributed by atoms with Gasteiger partial charge in [0, 0.05) is 23.5 Å². The summed E-state index contributed by atoms with van der Waals surface area (Å²) in [6, 6.07) is 9.42. The Morgan fingerprint density at radius 2 is 1.87 bits per heavy atom. The number of amides is 1. The van der Waals surface area contributed by atoms with Crippen molar-refractivity contribution in [1.29, 1.82) is 5.26 Å². The smallest absolute Gasteiger partial charge is 0.407 e. The number of aromatic nitrogens is 2. The molecule has 278 valence electrons. The quantitative estimate of drug-likeness (QED) is 0.140. The van der Waals surface area contributed by atoms with Crippen LogP contribution in [0, 0.1) is 38.5 Å². The number of rotatable bonds is 8. The molecule has 0 radical (unpaired) electrons. The topological polar surface area (TPSA) is 201 Å². The number of piperazine rings is 1. The molecule has 0 bridgehead atoms. The van der Waals surface area contributed by atoms with E-state index >= 15 is 8.78 Å². The van der Waals surface area contributed by atoms with Crippen molar-refractivity contribution in [3.63, 3.8) is 0 Å². The highest BCUT2D eigenvalue weighted by molar-refractivity contribution is 5.97. The highest BCUT2D eigenvalue weighted by Gasteiger charge is 2.54. The molecule has 53 heavy (non-hydrogen) atoms. The van der Waals surface area contributed by atoms with Gasteiger partial charge in [0.15, 0.2) is 11.4 Å². The second-order valence-corrected chi connectivity index (χ2v) is 14.5. The average Bonchev–Trinajstić information content (AvgIpc) is 3.08. The summed E-state index contributed by atoms with van der Waals surface area (Å²) in [4.78, 5) is 58.3. The van der Waals surface area contributed by atoms with Crippen molar-refractivity contribution >= 4 is 28.8 Å². The van der Waals surface area contributed by atoms with E-state index in [4.69, 9.17) is 4.74 Å². The number of nitriles is 1. The number of carbonyl (C=O) groups is 2. The molecule has 2 aromatic carbocycles. The van der Waals surface area contributed by atoms with E-state index in [0.717, 1.165) is 15.5 Å². The molecule has 5 rings (SSSR count). The number of aliphatic carboxylic acids is 1. The molecule has 16 heteroatoms. The Morgan fingerprint density at radius 1 is 1.21 bits per heavy atom. The largest absolute Gasteiger partial charge is 0.496 e. The van der Waals surface area contributed by atoms with Crippen LogP contribution in [0.5, 0.6) is 5.75 Å². The first kappa shape index (κ1) is 38.3. The van der Waals surface area contributed by atoms with Crippen molar-refractivity contribution in [2.75, 3.05) is 20.2 Å². The number of nitrogens with one attached hydrogen (secondary N) is 1. The molecule has 4 aromatic rings. The number of para-hydroxylation sites is 1. The predicted octanol–water partition coefficient (Wildman–Crippen LogP) is 6.08. The molecule has 0 saturated carbocycles. The Kier molecular flexibility index (Phi) is 10.0. The fourth-order valence-electron chi connectivity index (χ4n) is 6.95. The van der Waals surface area contributed by atoms with Gasteiger partial charge in [0.2, 0.25) is 0 Å². The Balaban J connectivity index is 2.22. The molecule has 0 aliphatic carbocycles. The predicted molar refractivity (Wildman–Crippen MR) is 189 cm³/mol. The van der Waals surface area contributed by atoms with Crippen LogP contribution < -0.4 is 15.6 Å². The Bertz CT molecular complexity index is 2290. The van der Waals surface area contributed by atoms with E-state index in [1.54, 1.807) is 46.8 Å². The van der Waals surface area contributed by atoms with Crippen LogP contribution in [0.4, 0.5) is 19.3 Å². The van der Waals surface area contributed by atoms with Gasteiger partial charge in [-0.25, -0.2) is 23.4 Å². The van der Waals surface area contributed by atoms with Crippen molar-refractivity contribution in [3.05, 3.63) is 90.8 Å². The standard InChI is InChI=1S/C37H38F2N6O8/c1-18(2)21-11-8-10-20(15-40)30(21)44-32-25(22(14-36(4,5)6)28(39)29(42-32)26-23(38)12-9-13-24(26)53-7)27(31(33(44)46)45(51)52)37(34(47)48)17-43(35(49)50)19(3)16-41-37/h8-13,18-19,41H,14,16-17H2,1-7H3,(H,47,48)(H,49,50)/t19-,37+/m1/s1. The van der Waals surface area contributed by atoms with Crippen LogP contribution in [0.3, 0.4) is 0 Å². The van der Waals surface area contributed by atoms with Gasteiger partial charge in [0.05, 0.1) is 41.0 Å². The maximum Gasteiger partial charge on any atom is 0.407 e. The lowest BCUT2D eigenvalue weighted by molar-refractivity contribution is -0.387. The number of hydrogen-bond acceptors (Lipinski definition) is 9. The van der Waals surface area contributed by atoms with Gasteiger partial charge >= 0.3 is 23.3 Å². The van der Waals surface area contributed by atoms with Crippen LogP contribution >= 0.6 is 0 Å². The summed E-state index contributed by atoms with van der Waals surface area (Å²) in [5.74, 6) is -4.49. The van der Waals surface area contributed by atoms with Gasteiger partial charge < -0.3 is 19.8 Å². The van der Waals surface area contributed by atoms with Crippen molar-refractivity contribution in [3.8, 4) is 28.8 Å². The van der Waals surface area contributed by atoms with Gasteiger partial charge in [0.25, 0.3) is 0 Å². The summed E-state index contributed by atoms with van der Waals surface area (Å²) < 4.78 is 39.5. The summed E-state index contributed by atoms with van der Waals surface area (Å²) in [7, 11) is 1.23. The van der Waals surface area contributed by atoms with E-state index in [-0.39, 0.29) is 35.5 Å². The fourth-order valence-corrected chi connectivity index (χ4v) is 6.95. The Hall–Kier alpha value is -5.95. The lowest BCUT2D eigenvalue weighted by Gasteiger charge is -2.43. The number of benzene rings is 2. The molecule has 0 spiro atoms. The van der Waals surface area contributed by atoms with Crippen LogP contribution in [0.15, 0.2) is 41.2 Å². The van der Waals surface area contributed by atoms with Crippen LogP contribution in [0.25, 0.3) is 28.0 Å². The van der Waals surface area contributed by atoms with E-state index in [1.165, 1.54) is 32.2 Å². The lowest BCUT2D eigenvalue weighted by Crippen LogP contribution is -2.66. The van der Waals surface area contributed by atoms with Crippen molar-refractivity contribution in [1.82, 2.24) is 19.8 Å². The lowest BCUT2D eigenvalue weighted by atomic mass is 9.79. The number of fused-ring (bicyclic) bond motifs is 1. The number of carboxylic acids is 1. The minimum atomic E-state index is -2.70. The van der Waals surface area contributed by atoms with Crippen molar-refractivity contribution in [2.24, 2.45) is 5.41 Å². The zero-order valence-corrected chi connectivity index (χ0v) is 30.1. The number of ether oxygens (including phenoxy) is 1. The number of nitro groups is 1. The molecule has 0 unspecified atom stereocenters. The number of pyridine rings is 2. The van der Waals surface area contributed by atoms with Crippen LogP contribution in [0.1, 0.15) is 69.7 Å². The molecule has 3 N–H and O–H groups in total. The number of hydrogen-bond donors (Lipinski definition) is 3. The fraction of sp³-hybridized carbons (Fsp3) is 0.378. The van der Waals surface area contributed by atoms with Gasteiger partial charge in [-0.1, -0.05) is 52.8 Å². The van der Waals surface area contributed by atoms with E-state index < -0.39 is 97.2 Å². The minimum absolute atomic E-state index is 0.121. The van der Waals surface area contributed by atoms with Gasteiger partial charge in [-0.05, 0) is 48.4 Å². The molecule has 3 heterocycles. The van der Waals surface area contributed by atoms with E-state index in [9.17, 15) is 40.0 Å². The first-order valence-electron chi connectivity index (χ1n) is 16.6. The average molecular weight is 733 g/mol. The maximum absolute atomic E-state index is 17.5. The van der Waals surface area contributed by atoms with Gasteiger partial charge in [-0.2, -0.15) is 5.26 Å². The van der Waals surface area contributed by atoms with E-state index in [2.05, 4.69) is 10.3 Å². The molecule has 2 aromatic heterocycles. The van der Waals surface area contributed by atoms with Crippen LogP contribution in [-0.4, -0.2) is 67.9 Å². The first-order chi connectivity index (χ1) is 24.8. The molecule has 1 aliphatic rings. The molecular formula is C37H38F2N6O8. The molecule has 1 fully saturated rings. The zero-order valence-electron chi connectivity index (χ0n) is 30.1. The third-order valence-corrected chi connectivity index (χ3v) is 9.35. The van der Waals surface area contributed by atoms with Crippen LogP contribution in [-0.2, 0) is 16.8 Å². The van der Waals surface area contributed by atoms with Crippen molar-refractivity contribution in [2.45, 2.75) is 65.5 Å². The Labute approximate surface area is 302 Å². The highest BCUT2D eigenvalue weighted by Crippen LogP contribution is 2.45. The zero-order chi connectivity index (χ0) is 39.3. The molecule has 14 nitrogen and oxygen atoms in total. The van der Waals surface area contributed by atoms with Gasteiger partial charge in [-0.3, -0.25) is 24.8 Å². The minimum Gasteiger partial charge on any atom is -0.496 e. The third-order valence-electron chi connectivity index (χ3n) is 9.35. The second-order valence-electron chi connectivity index (χ2n) is 14.5. The molecular weight excluding hydrogens is 694 g/mol. The van der Waals surface area contributed by atoms with Gasteiger partial charge in [-0.15, -0.1) is 0 Å². The number of methoxy groups -OCH3 is 1. The summed E-state index contributed by atoms with van der Waals surface area (Å²) in [5.41, 5.74) is -8.99. The van der Waals surface area contributed by atoms with Crippen LogP contribution in [0.2, 0.25) is 0 Å². The third kappa shape index (κ3) is 6.41. The van der Waals surface area contributed by atoms with E-state index in [1.807, 2.05) is 6.07 Å². The maximum atomic E-state index is 17.5. The summed E-state index contributed by atoms with van der Waals surface area (Å²) in [5, 5.41) is 46.8. The monoisotopic (exact) mass is 732 g/mol. The molecule has 1 amide bonds. The first-order valence-corrected chi connectivity index (χ1v) is 16.6. The summed E-state index contributed by atoms with van der Waals surface area (Å²) in [6.45, 7) is 8.88. The summed E-state index contributed by atoms with van der Waals surface area (Å²) >= 11 is 0. The SMILES string of the molecule is COc1cccc(F)c1-c1nc2c(c(CC(C)(C)C)c1F)c([C@]1(C(=O)O)CN(C(=O)O)[C@H](C)CN1)c([N+](=O)[O-])c(=O)n2-c1c(C#N)cccc1C(C)C. The van der Waals surface area contributed by atoms with E-state index in [0.29, 0.717) is 5.56 Å². The van der Waals surface area contributed by atoms with Gasteiger partial charge in [0.1, 0.15) is 29.0 Å². The second kappa shape index (κ2) is 13.9. The number of carboxylic acid groups (broad SMARTS) is 2. The molecule has 2 atom stereocenters. The Morgan fingerprint density at radius 3 is 2.42 bits per heavy atom. The highest BCUT2D eigenvalue weighted by atomic mass is 19.1. The number of nitrogens with zero attached hydrogens (tertiary/aromatic N) is 5. The molecule has 1 aliphatic heterocycles.